The summed E-state index contributed by atoms with van der Waals surface area (Å²) < 4.78 is 0. The van der Waals surface area contributed by atoms with Crippen LogP contribution in [0.3, 0.4) is 0 Å². The molecule has 1 fully saturated rings. The van der Waals surface area contributed by atoms with E-state index in [1.165, 1.54) is 29.7 Å². The molecule has 5 heteroatoms. The van der Waals surface area contributed by atoms with Crippen molar-refractivity contribution in [3.63, 3.8) is 0 Å². The van der Waals surface area contributed by atoms with Crippen LogP contribution in [0.2, 0.25) is 0 Å². The molecule has 1 aliphatic heterocycles. The molecule has 0 spiro atoms. The summed E-state index contributed by atoms with van der Waals surface area (Å²) in [6, 6.07) is 8.86. The smallest absolute Gasteiger partial charge is 0.225 e. The van der Waals surface area contributed by atoms with Crippen LogP contribution in [0.5, 0.6) is 0 Å². The van der Waals surface area contributed by atoms with E-state index in [9.17, 15) is 5.11 Å². The highest BCUT2D eigenvalue weighted by atomic mass is 16.3. The second-order valence-corrected chi connectivity index (χ2v) is 8.76. The van der Waals surface area contributed by atoms with Crippen molar-refractivity contribution in [3.8, 4) is 0 Å². The second-order valence-electron chi connectivity index (χ2n) is 8.76. The summed E-state index contributed by atoms with van der Waals surface area (Å²) in [5, 5.41) is 13.7. The Morgan fingerprint density at radius 3 is 2.59 bits per heavy atom. The van der Waals surface area contributed by atoms with E-state index in [0.29, 0.717) is 12.0 Å². The molecule has 0 bridgehead atoms. The Kier molecular flexibility index (Phi) is 4.58. The fraction of sp³-hybridized carbons (Fsp3) is 0.545. The lowest BCUT2D eigenvalue weighted by Gasteiger charge is -2.31. The summed E-state index contributed by atoms with van der Waals surface area (Å²) in [7, 11) is 0. The zero-order valence-electron chi connectivity index (χ0n) is 16.8. The normalized spacial score (nSPS) is 17.2. The molecule has 1 saturated carbocycles. The predicted molar refractivity (Wildman–Crippen MR) is 109 cm³/mol. The minimum Gasteiger partial charge on any atom is -0.386 e. The summed E-state index contributed by atoms with van der Waals surface area (Å²) in [5.41, 5.74) is 4.01. The highest BCUT2D eigenvalue weighted by Gasteiger charge is 2.28. The monoisotopic (exact) mass is 366 g/mol. The van der Waals surface area contributed by atoms with E-state index in [4.69, 9.17) is 9.97 Å². The van der Waals surface area contributed by atoms with Gasteiger partial charge in [-0.15, -0.1) is 0 Å². The van der Waals surface area contributed by atoms with Crippen LogP contribution in [0.15, 0.2) is 24.3 Å². The first-order chi connectivity index (χ1) is 12.8. The lowest BCUT2D eigenvalue weighted by molar-refractivity contribution is 0.0785. The summed E-state index contributed by atoms with van der Waals surface area (Å²) in [6.07, 6.45) is 3.44. The van der Waals surface area contributed by atoms with E-state index < -0.39 is 5.60 Å². The molecule has 0 unspecified atom stereocenters. The third-order valence-corrected chi connectivity index (χ3v) is 5.39. The van der Waals surface area contributed by atoms with Crippen LogP contribution in [0.25, 0.3) is 0 Å². The van der Waals surface area contributed by atoms with Crippen LogP contribution < -0.4 is 10.2 Å². The Morgan fingerprint density at radius 1 is 1.15 bits per heavy atom. The zero-order chi connectivity index (χ0) is 19.2. The minimum absolute atomic E-state index is 0.314. The van der Waals surface area contributed by atoms with E-state index >= 15 is 0 Å². The third-order valence-electron chi connectivity index (χ3n) is 5.39. The molecule has 144 valence electrons. The van der Waals surface area contributed by atoms with Crippen molar-refractivity contribution in [3.05, 3.63) is 46.6 Å². The van der Waals surface area contributed by atoms with Crippen molar-refractivity contribution < 1.29 is 5.11 Å². The number of anilines is 2. The van der Waals surface area contributed by atoms with Gasteiger partial charge in [-0.1, -0.05) is 18.2 Å². The number of aromatic nitrogens is 2. The van der Waals surface area contributed by atoms with E-state index in [1.807, 2.05) is 19.9 Å². The fourth-order valence-electron chi connectivity index (χ4n) is 3.65. The SMILES string of the molecule is CC(C)Nc1nc(C2CC2)cc(N2CCc3cc(C(C)(C)O)ccc3C2)n1. The van der Waals surface area contributed by atoms with Crippen LogP contribution >= 0.6 is 0 Å². The first-order valence-corrected chi connectivity index (χ1v) is 10.0. The summed E-state index contributed by atoms with van der Waals surface area (Å²) in [6.45, 7) is 9.70. The lowest BCUT2D eigenvalue weighted by Crippen LogP contribution is -2.32. The van der Waals surface area contributed by atoms with Gasteiger partial charge in [0.15, 0.2) is 0 Å². The first-order valence-electron chi connectivity index (χ1n) is 10.0. The number of fused-ring (bicyclic) bond motifs is 1. The van der Waals surface area contributed by atoms with Crippen molar-refractivity contribution in [2.45, 2.75) is 71.1 Å². The summed E-state index contributed by atoms with van der Waals surface area (Å²) in [5.74, 6) is 2.37. The lowest BCUT2D eigenvalue weighted by atomic mass is 9.91. The van der Waals surface area contributed by atoms with Crippen LogP contribution in [0.1, 0.15) is 68.8 Å². The molecule has 2 aromatic rings. The molecule has 0 amide bonds. The van der Waals surface area contributed by atoms with E-state index in [1.54, 1.807) is 0 Å². The summed E-state index contributed by atoms with van der Waals surface area (Å²) >= 11 is 0. The van der Waals surface area contributed by atoms with Gasteiger partial charge in [0.2, 0.25) is 5.95 Å². The zero-order valence-corrected chi connectivity index (χ0v) is 16.8. The average molecular weight is 367 g/mol. The van der Waals surface area contributed by atoms with E-state index in [2.05, 4.69) is 42.3 Å². The van der Waals surface area contributed by atoms with Gasteiger partial charge in [-0.25, -0.2) is 4.98 Å². The highest BCUT2D eigenvalue weighted by Crippen LogP contribution is 2.40. The molecular formula is C22H30N4O. The van der Waals surface area contributed by atoms with Gasteiger partial charge >= 0.3 is 0 Å². The number of nitrogens with one attached hydrogen (secondary N) is 1. The maximum Gasteiger partial charge on any atom is 0.225 e. The van der Waals surface area contributed by atoms with Crippen LogP contribution in [0.4, 0.5) is 11.8 Å². The molecule has 27 heavy (non-hydrogen) atoms. The van der Waals surface area contributed by atoms with Crippen molar-refractivity contribution in [2.24, 2.45) is 0 Å². The standard InChI is InChI=1S/C22H30N4O/c1-14(2)23-21-24-19(15-5-6-15)12-20(25-21)26-10-9-16-11-18(22(3,4)27)8-7-17(16)13-26/h7-8,11-12,14-15,27H,5-6,9-10,13H2,1-4H3,(H,23,24,25). The van der Waals surface area contributed by atoms with Gasteiger partial charge in [0.25, 0.3) is 0 Å². The van der Waals surface area contributed by atoms with E-state index in [0.717, 1.165) is 36.8 Å². The molecule has 2 aliphatic rings. The fourth-order valence-corrected chi connectivity index (χ4v) is 3.65. The predicted octanol–water partition coefficient (Wildman–Crippen LogP) is 3.96. The van der Waals surface area contributed by atoms with Gasteiger partial charge < -0.3 is 15.3 Å². The Morgan fingerprint density at radius 2 is 1.93 bits per heavy atom. The van der Waals surface area contributed by atoms with Gasteiger partial charge in [0, 0.05) is 31.1 Å². The molecule has 1 aliphatic carbocycles. The van der Waals surface area contributed by atoms with Crippen molar-refractivity contribution in [1.29, 1.82) is 0 Å². The maximum atomic E-state index is 10.3. The maximum absolute atomic E-state index is 10.3. The Bertz CT molecular complexity index is 837. The number of nitrogens with zero attached hydrogens (tertiary/aromatic N) is 3. The summed E-state index contributed by atoms with van der Waals surface area (Å²) in [4.78, 5) is 11.9. The third kappa shape index (κ3) is 4.08. The number of aliphatic hydroxyl groups is 1. The molecular weight excluding hydrogens is 336 g/mol. The second kappa shape index (κ2) is 6.79. The number of hydrogen-bond acceptors (Lipinski definition) is 5. The Labute approximate surface area is 161 Å². The number of hydrogen-bond donors (Lipinski definition) is 2. The molecule has 4 rings (SSSR count). The van der Waals surface area contributed by atoms with Gasteiger partial charge in [0.05, 0.1) is 11.3 Å². The number of benzene rings is 1. The average Bonchev–Trinajstić information content (AvgIpc) is 3.44. The largest absolute Gasteiger partial charge is 0.386 e. The molecule has 2 N–H and O–H groups in total. The Balaban J connectivity index is 1.60. The first kappa shape index (κ1) is 18.2. The van der Waals surface area contributed by atoms with Crippen molar-refractivity contribution in [1.82, 2.24) is 9.97 Å². The van der Waals surface area contributed by atoms with Crippen molar-refractivity contribution in [2.75, 3.05) is 16.8 Å². The van der Waals surface area contributed by atoms with Gasteiger partial charge in [-0.3, -0.25) is 0 Å². The number of rotatable bonds is 5. The van der Waals surface area contributed by atoms with Gasteiger partial charge in [-0.2, -0.15) is 4.98 Å². The van der Waals surface area contributed by atoms with Gasteiger partial charge in [0.1, 0.15) is 5.82 Å². The molecule has 0 atom stereocenters. The van der Waals surface area contributed by atoms with Crippen LogP contribution in [0, 0.1) is 0 Å². The van der Waals surface area contributed by atoms with Crippen molar-refractivity contribution >= 4 is 11.8 Å². The molecule has 5 nitrogen and oxygen atoms in total. The van der Waals surface area contributed by atoms with Crippen LogP contribution in [-0.4, -0.2) is 27.7 Å². The quantitative estimate of drug-likeness (QED) is 0.839. The highest BCUT2D eigenvalue weighted by molar-refractivity contribution is 5.50. The molecule has 2 heterocycles. The topological polar surface area (TPSA) is 61.3 Å². The Hall–Kier alpha value is -2.14. The van der Waals surface area contributed by atoms with Gasteiger partial charge in [-0.05, 0) is 63.6 Å². The minimum atomic E-state index is -0.796. The molecule has 1 aromatic heterocycles. The van der Waals surface area contributed by atoms with Crippen LogP contribution in [-0.2, 0) is 18.6 Å². The van der Waals surface area contributed by atoms with E-state index in [-0.39, 0.29) is 0 Å². The molecule has 1 aromatic carbocycles. The molecule has 0 saturated heterocycles. The molecule has 0 radical (unpaired) electrons.